The van der Waals surface area contributed by atoms with Crippen molar-refractivity contribution >= 4 is 34.9 Å². The highest BCUT2D eigenvalue weighted by atomic mass is 32.1. The Hall–Kier alpha value is -2.28. The summed E-state index contributed by atoms with van der Waals surface area (Å²) in [5.74, 6) is 0.817. The number of fused-ring (bicyclic) bond motifs is 1. The molecule has 0 fully saturated rings. The standard InChI is InChI=1S/C16H14N2O.C2H7NO.CH4S/c1-19-13-7-8-14-15(9-10-17-16(14)11-13)18-12-5-3-2-4-6-12;3-1-2-4;1-2/h2-11H,1H3,(H,17,18);4H,1-3H2;2H,1H3. The molecule has 0 atom stereocenters. The van der Waals surface area contributed by atoms with Gasteiger partial charge in [0, 0.05) is 35.6 Å². The number of ether oxygens (including phenoxy) is 1. The van der Waals surface area contributed by atoms with Crippen LogP contribution in [0.4, 0.5) is 11.4 Å². The van der Waals surface area contributed by atoms with Crippen LogP contribution < -0.4 is 15.8 Å². The fourth-order valence-corrected chi connectivity index (χ4v) is 2.04. The van der Waals surface area contributed by atoms with Crippen LogP contribution in [0.2, 0.25) is 0 Å². The molecule has 1 heterocycles. The summed E-state index contributed by atoms with van der Waals surface area (Å²) in [6.45, 7) is 0.472. The van der Waals surface area contributed by atoms with Gasteiger partial charge in [0.05, 0.1) is 19.2 Å². The first kappa shape index (κ1) is 20.8. The maximum atomic E-state index is 7.75. The monoisotopic (exact) mass is 359 g/mol. The van der Waals surface area contributed by atoms with Crippen LogP contribution in [0.5, 0.6) is 5.75 Å². The minimum atomic E-state index is 0.0972. The van der Waals surface area contributed by atoms with Gasteiger partial charge in [-0.15, -0.1) is 0 Å². The second kappa shape index (κ2) is 12.1. The van der Waals surface area contributed by atoms with Gasteiger partial charge in [0.2, 0.25) is 0 Å². The first-order chi connectivity index (χ1) is 12.3. The Morgan fingerprint density at radius 1 is 1.12 bits per heavy atom. The van der Waals surface area contributed by atoms with Gasteiger partial charge in [0.15, 0.2) is 0 Å². The van der Waals surface area contributed by atoms with E-state index in [-0.39, 0.29) is 6.61 Å². The lowest BCUT2D eigenvalue weighted by Gasteiger charge is -2.10. The van der Waals surface area contributed by atoms with E-state index < -0.39 is 0 Å². The molecule has 5 nitrogen and oxygen atoms in total. The number of aliphatic hydroxyl groups excluding tert-OH is 1. The number of nitrogens with two attached hydrogens (primary N) is 1. The van der Waals surface area contributed by atoms with Crippen molar-refractivity contribution in [3.05, 3.63) is 60.8 Å². The van der Waals surface area contributed by atoms with Crippen LogP contribution in [0.25, 0.3) is 10.9 Å². The zero-order chi connectivity index (χ0) is 18.5. The third-order valence-corrected chi connectivity index (χ3v) is 3.13. The fraction of sp³-hybridized carbons (Fsp3) is 0.211. The summed E-state index contributed by atoms with van der Waals surface area (Å²) in [5.41, 5.74) is 7.80. The van der Waals surface area contributed by atoms with Gasteiger partial charge in [-0.1, -0.05) is 18.2 Å². The number of anilines is 2. The quantitative estimate of drug-likeness (QED) is 0.536. The number of methoxy groups -OCH3 is 1. The van der Waals surface area contributed by atoms with E-state index in [1.807, 2.05) is 54.6 Å². The van der Waals surface area contributed by atoms with Crippen molar-refractivity contribution in [1.29, 1.82) is 0 Å². The molecule has 0 spiro atoms. The Balaban J connectivity index is 0.000000461. The zero-order valence-electron chi connectivity index (χ0n) is 14.5. The summed E-state index contributed by atoms with van der Waals surface area (Å²) in [6.07, 6.45) is 3.49. The number of aromatic nitrogens is 1. The molecule has 0 aliphatic carbocycles. The lowest BCUT2D eigenvalue weighted by molar-refractivity contribution is 0.306. The van der Waals surface area contributed by atoms with Crippen molar-refractivity contribution < 1.29 is 9.84 Å². The van der Waals surface area contributed by atoms with Crippen molar-refractivity contribution in [2.75, 3.05) is 31.8 Å². The first-order valence-corrected chi connectivity index (χ1v) is 8.68. The second-order valence-corrected chi connectivity index (χ2v) is 4.74. The van der Waals surface area contributed by atoms with Crippen LogP contribution in [0.15, 0.2) is 60.8 Å². The molecule has 25 heavy (non-hydrogen) atoms. The first-order valence-electron chi connectivity index (χ1n) is 7.79. The highest BCUT2D eigenvalue weighted by Crippen LogP contribution is 2.27. The zero-order valence-corrected chi connectivity index (χ0v) is 15.4. The van der Waals surface area contributed by atoms with Crippen molar-refractivity contribution in [2.45, 2.75) is 0 Å². The summed E-state index contributed by atoms with van der Waals surface area (Å²) in [6, 6.07) is 18.0. The van der Waals surface area contributed by atoms with Gasteiger partial charge in [-0.05, 0) is 36.6 Å². The minimum absolute atomic E-state index is 0.0972. The molecule has 0 radical (unpaired) electrons. The summed E-state index contributed by atoms with van der Waals surface area (Å²) in [7, 11) is 1.66. The Kier molecular flexibility index (Phi) is 10.1. The molecule has 0 bridgehead atoms. The Bertz CT molecular complexity index is 737. The molecule has 1 aromatic heterocycles. The van der Waals surface area contributed by atoms with Crippen LogP contribution in [0.3, 0.4) is 0 Å². The van der Waals surface area contributed by atoms with E-state index in [0.29, 0.717) is 6.54 Å². The van der Waals surface area contributed by atoms with E-state index in [2.05, 4.69) is 22.9 Å². The van der Waals surface area contributed by atoms with Crippen LogP contribution in [-0.4, -0.2) is 36.6 Å². The van der Waals surface area contributed by atoms with Crippen molar-refractivity contribution in [2.24, 2.45) is 5.73 Å². The number of para-hydroxylation sites is 1. The van der Waals surface area contributed by atoms with Crippen LogP contribution in [-0.2, 0) is 0 Å². The van der Waals surface area contributed by atoms with Gasteiger partial charge in [-0.2, -0.15) is 12.6 Å². The van der Waals surface area contributed by atoms with Gasteiger partial charge in [-0.25, -0.2) is 0 Å². The molecule has 0 aliphatic rings. The number of benzene rings is 2. The molecule has 3 rings (SSSR count). The van der Waals surface area contributed by atoms with Crippen molar-refractivity contribution in [1.82, 2.24) is 4.98 Å². The van der Waals surface area contributed by atoms with E-state index in [0.717, 1.165) is 28.0 Å². The van der Waals surface area contributed by atoms with E-state index in [9.17, 15) is 0 Å². The average Bonchev–Trinajstić information content (AvgIpc) is 2.70. The van der Waals surface area contributed by atoms with Gasteiger partial charge < -0.3 is 20.9 Å². The van der Waals surface area contributed by atoms with E-state index in [4.69, 9.17) is 15.6 Å². The summed E-state index contributed by atoms with van der Waals surface area (Å²) in [4.78, 5) is 4.37. The number of nitrogens with zero attached hydrogens (tertiary/aromatic N) is 1. The average molecular weight is 359 g/mol. The number of aliphatic hydroxyl groups is 1. The molecule has 0 saturated heterocycles. The van der Waals surface area contributed by atoms with Gasteiger partial charge in [0.1, 0.15) is 5.75 Å². The van der Waals surface area contributed by atoms with Crippen molar-refractivity contribution in [3.63, 3.8) is 0 Å². The van der Waals surface area contributed by atoms with Gasteiger partial charge in [0.25, 0.3) is 0 Å². The predicted molar refractivity (Wildman–Crippen MR) is 109 cm³/mol. The molecule has 4 N–H and O–H groups in total. The molecule has 6 heteroatoms. The number of pyridine rings is 1. The third-order valence-electron chi connectivity index (χ3n) is 3.13. The molecule has 0 saturated carbocycles. The Morgan fingerprint density at radius 2 is 1.80 bits per heavy atom. The van der Waals surface area contributed by atoms with E-state index in [1.165, 1.54) is 0 Å². The van der Waals surface area contributed by atoms with E-state index in [1.54, 1.807) is 19.6 Å². The highest BCUT2D eigenvalue weighted by Gasteiger charge is 2.03. The molecule has 0 amide bonds. The number of hydrogen-bond acceptors (Lipinski definition) is 6. The largest absolute Gasteiger partial charge is 0.497 e. The number of nitrogens with one attached hydrogen (secondary N) is 1. The van der Waals surface area contributed by atoms with Crippen molar-refractivity contribution in [3.8, 4) is 5.75 Å². The van der Waals surface area contributed by atoms with Gasteiger partial charge >= 0.3 is 0 Å². The second-order valence-electron chi connectivity index (χ2n) is 4.74. The van der Waals surface area contributed by atoms with E-state index >= 15 is 0 Å². The Labute approximate surface area is 154 Å². The van der Waals surface area contributed by atoms with Crippen LogP contribution >= 0.6 is 12.6 Å². The molecule has 2 aromatic carbocycles. The lowest BCUT2D eigenvalue weighted by Crippen LogP contribution is -2.02. The molecule has 3 aromatic rings. The molecule has 0 unspecified atom stereocenters. The minimum Gasteiger partial charge on any atom is -0.497 e. The topological polar surface area (TPSA) is 80.4 Å². The highest BCUT2D eigenvalue weighted by molar-refractivity contribution is 7.79. The molecular weight excluding hydrogens is 334 g/mol. The smallest absolute Gasteiger partial charge is 0.121 e. The third kappa shape index (κ3) is 6.62. The fourth-order valence-electron chi connectivity index (χ4n) is 2.04. The predicted octanol–water partition coefficient (Wildman–Crippen LogP) is 3.47. The molecule has 134 valence electrons. The number of rotatable bonds is 4. The molecule has 0 aliphatic heterocycles. The van der Waals surface area contributed by atoms with Crippen LogP contribution in [0, 0.1) is 0 Å². The maximum absolute atomic E-state index is 7.75. The summed E-state index contributed by atoms with van der Waals surface area (Å²) in [5, 5.41) is 12.2. The summed E-state index contributed by atoms with van der Waals surface area (Å²) < 4.78 is 5.22. The SMILES string of the molecule is COc1ccc2c(Nc3ccccc3)ccnc2c1.CS.NCCO. The lowest BCUT2D eigenvalue weighted by atomic mass is 10.1. The summed E-state index contributed by atoms with van der Waals surface area (Å²) >= 11 is 3.53. The van der Waals surface area contributed by atoms with Crippen LogP contribution in [0.1, 0.15) is 0 Å². The normalized spacial score (nSPS) is 9.32. The number of thiol groups is 1. The Morgan fingerprint density at radius 3 is 2.40 bits per heavy atom. The molecular formula is C19H25N3O2S. The maximum Gasteiger partial charge on any atom is 0.121 e. The number of hydrogen-bond donors (Lipinski definition) is 4. The van der Waals surface area contributed by atoms with Gasteiger partial charge in [-0.3, -0.25) is 4.98 Å².